The Hall–Kier alpha value is -1.75. The minimum atomic E-state index is -0.430. The summed E-state index contributed by atoms with van der Waals surface area (Å²) in [4.78, 5) is 11.9. The van der Waals surface area contributed by atoms with Gasteiger partial charge >= 0.3 is 0 Å². The highest BCUT2D eigenvalue weighted by molar-refractivity contribution is 5.81. The van der Waals surface area contributed by atoms with Crippen LogP contribution in [0.4, 0.5) is 0 Å². The minimum absolute atomic E-state index is 0.0359. The van der Waals surface area contributed by atoms with Gasteiger partial charge in [0.15, 0.2) is 17.6 Å². The van der Waals surface area contributed by atoms with E-state index in [1.807, 2.05) is 18.2 Å². The molecule has 1 aliphatic rings. The predicted molar refractivity (Wildman–Crippen MR) is 81.7 cm³/mol. The summed E-state index contributed by atoms with van der Waals surface area (Å²) in [7, 11) is 1.62. The van der Waals surface area contributed by atoms with Crippen LogP contribution in [0, 0.1) is 0 Å². The summed E-state index contributed by atoms with van der Waals surface area (Å²) in [6.45, 7) is 4.51. The molecule has 0 aromatic heterocycles. The molecule has 1 atom stereocenters. The van der Waals surface area contributed by atoms with Gasteiger partial charge in [-0.1, -0.05) is 13.0 Å². The lowest BCUT2D eigenvalue weighted by atomic mass is 10.1. The zero-order valence-electron chi connectivity index (χ0n) is 12.8. The van der Waals surface area contributed by atoms with Gasteiger partial charge in [0, 0.05) is 13.1 Å². The summed E-state index contributed by atoms with van der Waals surface area (Å²) in [5.41, 5.74) is 1.13. The monoisotopic (exact) mass is 292 g/mol. The molecule has 0 bridgehead atoms. The number of carbonyl (C=O) groups is 1. The lowest BCUT2D eigenvalue weighted by Gasteiger charge is -2.18. The average Bonchev–Trinajstić information content (AvgIpc) is 2.71. The van der Waals surface area contributed by atoms with E-state index in [-0.39, 0.29) is 5.91 Å². The number of hydrogen-bond donors (Lipinski definition) is 2. The lowest BCUT2D eigenvalue weighted by molar-refractivity contribution is -0.127. The van der Waals surface area contributed by atoms with Crippen molar-refractivity contribution >= 4 is 5.91 Å². The number of nitrogens with one attached hydrogen (secondary N) is 2. The van der Waals surface area contributed by atoms with Crippen molar-refractivity contribution in [2.75, 3.05) is 20.2 Å². The smallest absolute Gasteiger partial charge is 0.261 e. The number of benzene rings is 1. The van der Waals surface area contributed by atoms with Crippen molar-refractivity contribution in [2.24, 2.45) is 0 Å². The molecule has 5 heteroatoms. The fourth-order valence-corrected chi connectivity index (χ4v) is 2.37. The number of hydrogen-bond acceptors (Lipinski definition) is 4. The second-order valence-electron chi connectivity index (χ2n) is 5.16. The van der Waals surface area contributed by atoms with Crippen molar-refractivity contribution in [2.45, 2.75) is 38.8 Å². The SMILES string of the molecule is CCNCc1ccc(OC2CCCCNC2=O)c(OC)c1. The Morgan fingerprint density at radius 3 is 2.95 bits per heavy atom. The molecule has 2 N–H and O–H groups in total. The van der Waals surface area contributed by atoms with Gasteiger partial charge < -0.3 is 20.1 Å². The number of carbonyl (C=O) groups excluding carboxylic acids is 1. The first-order valence-corrected chi connectivity index (χ1v) is 7.56. The quantitative estimate of drug-likeness (QED) is 0.840. The molecule has 1 fully saturated rings. The highest BCUT2D eigenvalue weighted by atomic mass is 16.5. The molecule has 1 heterocycles. The molecule has 0 radical (unpaired) electrons. The third-order valence-electron chi connectivity index (χ3n) is 3.56. The lowest BCUT2D eigenvalue weighted by Crippen LogP contribution is -2.36. The first kappa shape index (κ1) is 15.6. The van der Waals surface area contributed by atoms with Crippen LogP contribution in [0.25, 0.3) is 0 Å². The zero-order valence-corrected chi connectivity index (χ0v) is 12.8. The van der Waals surface area contributed by atoms with Crippen LogP contribution in [-0.2, 0) is 11.3 Å². The van der Waals surface area contributed by atoms with E-state index < -0.39 is 6.10 Å². The maximum Gasteiger partial charge on any atom is 0.261 e. The second kappa shape index (κ2) is 7.88. The maximum absolute atomic E-state index is 11.9. The molecule has 0 aliphatic carbocycles. The Morgan fingerprint density at radius 1 is 1.33 bits per heavy atom. The average molecular weight is 292 g/mol. The van der Waals surface area contributed by atoms with Crippen LogP contribution in [0.5, 0.6) is 11.5 Å². The Labute approximate surface area is 126 Å². The number of amides is 1. The van der Waals surface area contributed by atoms with Crippen molar-refractivity contribution in [3.05, 3.63) is 23.8 Å². The molecule has 0 saturated carbocycles. The topological polar surface area (TPSA) is 59.6 Å². The second-order valence-corrected chi connectivity index (χ2v) is 5.16. The van der Waals surface area contributed by atoms with E-state index >= 15 is 0 Å². The van der Waals surface area contributed by atoms with Crippen LogP contribution in [0.1, 0.15) is 31.7 Å². The molecule has 1 aromatic rings. The van der Waals surface area contributed by atoms with Crippen molar-refractivity contribution < 1.29 is 14.3 Å². The molecule has 1 saturated heterocycles. The Morgan fingerprint density at radius 2 is 2.19 bits per heavy atom. The molecule has 1 aromatic carbocycles. The first-order chi connectivity index (χ1) is 10.2. The zero-order chi connectivity index (χ0) is 15.1. The minimum Gasteiger partial charge on any atom is -0.493 e. The summed E-state index contributed by atoms with van der Waals surface area (Å²) in [6.07, 6.45) is 2.31. The number of methoxy groups -OCH3 is 1. The van der Waals surface area contributed by atoms with Gasteiger partial charge in [-0.25, -0.2) is 0 Å². The molecule has 1 aliphatic heterocycles. The van der Waals surface area contributed by atoms with E-state index in [1.165, 1.54) is 0 Å². The summed E-state index contributed by atoms with van der Waals surface area (Å²) in [6, 6.07) is 5.82. The standard InChI is InChI=1S/C16H24N2O3/c1-3-17-11-12-7-8-13(15(10-12)20-2)21-14-6-4-5-9-18-16(14)19/h7-8,10,14,17H,3-6,9,11H2,1-2H3,(H,18,19). The molecule has 5 nitrogen and oxygen atoms in total. The summed E-state index contributed by atoms with van der Waals surface area (Å²) < 4.78 is 11.3. The van der Waals surface area contributed by atoms with Gasteiger partial charge in [0.05, 0.1) is 7.11 Å². The van der Waals surface area contributed by atoms with Gasteiger partial charge in [-0.2, -0.15) is 0 Å². The van der Waals surface area contributed by atoms with Crippen LogP contribution in [0.2, 0.25) is 0 Å². The van der Waals surface area contributed by atoms with E-state index in [0.717, 1.165) is 44.5 Å². The molecule has 1 amide bonds. The maximum atomic E-state index is 11.9. The van der Waals surface area contributed by atoms with Crippen LogP contribution < -0.4 is 20.1 Å². The fraction of sp³-hybridized carbons (Fsp3) is 0.562. The van der Waals surface area contributed by atoms with Gasteiger partial charge in [-0.15, -0.1) is 0 Å². The van der Waals surface area contributed by atoms with Crippen molar-refractivity contribution in [3.8, 4) is 11.5 Å². The van der Waals surface area contributed by atoms with Crippen molar-refractivity contribution in [1.29, 1.82) is 0 Å². The highest BCUT2D eigenvalue weighted by Crippen LogP contribution is 2.30. The highest BCUT2D eigenvalue weighted by Gasteiger charge is 2.23. The van der Waals surface area contributed by atoms with Crippen LogP contribution in [0.3, 0.4) is 0 Å². The van der Waals surface area contributed by atoms with Gasteiger partial charge in [-0.05, 0) is 43.5 Å². The van der Waals surface area contributed by atoms with Crippen LogP contribution >= 0.6 is 0 Å². The van der Waals surface area contributed by atoms with E-state index in [2.05, 4.69) is 17.6 Å². The number of rotatable bonds is 6. The molecular formula is C16H24N2O3. The third-order valence-corrected chi connectivity index (χ3v) is 3.56. The molecule has 0 spiro atoms. The molecule has 1 unspecified atom stereocenters. The normalized spacial score (nSPS) is 18.8. The molecular weight excluding hydrogens is 268 g/mol. The van der Waals surface area contributed by atoms with Crippen LogP contribution in [-0.4, -0.2) is 32.2 Å². The molecule has 116 valence electrons. The third kappa shape index (κ3) is 4.36. The van der Waals surface area contributed by atoms with Gasteiger partial charge in [0.25, 0.3) is 5.91 Å². The summed E-state index contributed by atoms with van der Waals surface area (Å²) in [5, 5.41) is 6.15. The van der Waals surface area contributed by atoms with Gasteiger partial charge in [0.2, 0.25) is 0 Å². The molecule has 21 heavy (non-hydrogen) atoms. The van der Waals surface area contributed by atoms with E-state index in [4.69, 9.17) is 9.47 Å². The van der Waals surface area contributed by atoms with E-state index in [1.54, 1.807) is 7.11 Å². The van der Waals surface area contributed by atoms with Gasteiger partial charge in [-0.3, -0.25) is 4.79 Å². The largest absolute Gasteiger partial charge is 0.493 e. The first-order valence-electron chi connectivity index (χ1n) is 7.56. The van der Waals surface area contributed by atoms with E-state index in [0.29, 0.717) is 11.5 Å². The molecule has 2 rings (SSSR count). The fourth-order valence-electron chi connectivity index (χ4n) is 2.37. The van der Waals surface area contributed by atoms with E-state index in [9.17, 15) is 4.79 Å². The van der Waals surface area contributed by atoms with Crippen molar-refractivity contribution in [3.63, 3.8) is 0 Å². The Balaban J connectivity index is 2.09. The Bertz CT molecular complexity index is 477. The van der Waals surface area contributed by atoms with Gasteiger partial charge in [0.1, 0.15) is 0 Å². The summed E-state index contributed by atoms with van der Waals surface area (Å²) in [5.74, 6) is 1.26. The summed E-state index contributed by atoms with van der Waals surface area (Å²) >= 11 is 0. The van der Waals surface area contributed by atoms with Crippen molar-refractivity contribution in [1.82, 2.24) is 10.6 Å². The van der Waals surface area contributed by atoms with Crippen LogP contribution in [0.15, 0.2) is 18.2 Å². The Kier molecular flexibility index (Phi) is 5.87. The predicted octanol–water partition coefficient (Wildman–Crippen LogP) is 1.85. The number of ether oxygens (including phenoxy) is 2.